The van der Waals surface area contributed by atoms with Gasteiger partial charge in [0, 0.05) is 45.2 Å². The Balaban J connectivity index is 1.35. The van der Waals surface area contributed by atoms with Crippen molar-refractivity contribution in [2.45, 2.75) is 38.3 Å². The summed E-state index contributed by atoms with van der Waals surface area (Å²) in [6.45, 7) is 7.17. The molecule has 2 heterocycles. The molecule has 1 aromatic rings. The van der Waals surface area contributed by atoms with E-state index in [0.717, 1.165) is 77.3 Å². The van der Waals surface area contributed by atoms with Crippen LogP contribution in [0.25, 0.3) is 0 Å². The van der Waals surface area contributed by atoms with Crippen molar-refractivity contribution in [3.8, 4) is 0 Å². The Morgan fingerprint density at radius 2 is 1.97 bits per heavy atom. The summed E-state index contributed by atoms with van der Waals surface area (Å²) < 4.78 is 10.1. The van der Waals surface area contributed by atoms with Crippen molar-refractivity contribution >= 4 is 11.9 Å². The summed E-state index contributed by atoms with van der Waals surface area (Å²) in [6, 6.07) is 7.80. The van der Waals surface area contributed by atoms with Gasteiger partial charge in [-0.25, -0.2) is 4.79 Å². The average molecular weight is 404 g/mol. The molecular formula is C22H33N3O4. The van der Waals surface area contributed by atoms with Gasteiger partial charge in [-0.05, 0) is 43.5 Å². The lowest BCUT2D eigenvalue weighted by Gasteiger charge is -2.29. The smallest absolute Gasteiger partial charge is 0.337 e. The lowest BCUT2D eigenvalue weighted by atomic mass is 10.1. The Labute approximate surface area is 173 Å². The number of nitrogens with zero attached hydrogens (tertiary/aromatic N) is 2. The molecule has 160 valence electrons. The molecular weight excluding hydrogens is 370 g/mol. The molecule has 0 spiro atoms. The number of methoxy groups -OCH3 is 1. The number of carbonyl (C=O) groups is 2. The van der Waals surface area contributed by atoms with Crippen molar-refractivity contribution in [3.05, 3.63) is 35.4 Å². The second kappa shape index (κ2) is 11.3. The van der Waals surface area contributed by atoms with Crippen LogP contribution in [-0.4, -0.2) is 80.8 Å². The molecule has 7 heteroatoms. The highest BCUT2D eigenvalue weighted by Gasteiger charge is 2.29. The van der Waals surface area contributed by atoms with Gasteiger partial charge in [0.05, 0.1) is 25.9 Å². The average Bonchev–Trinajstić information content (AvgIpc) is 3.11. The fourth-order valence-electron chi connectivity index (χ4n) is 4.07. The van der Waals surface area contributed by atoms with Crippen LogP contribution >= 0.6 is 0 Å². The molecule has 1 unspecified atom stereocenters. The molecule has 1 N–H and O–H groups in total. The van der Waals surface area contributed by atoms with Crippen LogP contribution in [-0.2, 0) is 20.8 Å². The number of rotatable bonds is 10. The highest BCUT2D eigenvalue weighted by Crippen LogP contribution is 2.21. The Morgan fingerprint density at radius 3 is 2.69 bits per heavy atom. The van der Waals surface area contributed by atoms with Crippen LogP contribution < -0.4 is 5.32 Å². The van der Waals surface area contributed by atoms with Crippen LogP contribution in [0.15, 0.2) is 24.3 Å². The molecule has 0 aromatic heterocycles. The standard InChI is InChI=1S/C22H33N3O4/c1-28-22(27)19-5-3-18(4-6-19)17-23-10-9-20-7-8-21(26)25(20)12-2-11-24-13-15-29-16-14-24/h3-6,20,23H,2,7-17H2,1H3. The number of benzene rings is 1. The van der Waals surface area contributed by atoms with Gasteiger partial charge in [0.2, 0.25) is 5.91 Å². The summed E-state index contributed by atoms with van der Waals surface area (Å²) in [4.78, 5) is 28.3. The minimum absolute atomic E-state index is 0.301. The summed E-state index contributed by atoms with van der Waals surface area (Å²) in [5, 5.41) is 3.46. The normalized spacial score (nSPS) is 20.2. The van der Waals surface area contributed by atoms with Gasteiger partial charge in [-0.3, -0.25) is 9.69 Å². The van der Waals surface area contributed by atoms with Crippen molar-refractivity contribution in [1.82, 2.24) is 15.1 Å². The van der Waals surface area contributed by atoms with E-state index < -0.39 is 0 Å². The first-order valence-electron chi connectivity index (χ1n) is 10.6. The van der Waals surface area contributed by atoms with Gasteiger partial charge in [0.25, 0.3) is 0 Å². The Hall–Kier alpha value is -1.96. The van der Waals surface area contributed by atoms with Crippen molar-refractivity contribution < 1.29 is 19.1 Å². The monoisotopic (exact) mass is 403 g/mol. The molecule has 0 bridgehead atoms. The zero-order chi connectivity index (χ0) is 20.5. The molecule has 2 fully saturated rings. The summed E-state index contributed by atoms with van der Waals surface area (Å²) in [5.41, 5.74) is 1.69. The maximum Gasteiger partial charge on any atom is 0.337 e. The largest absolute Gasteiger partial charge is 0.465 e. The topological polar surface area (TPSA) is 71.1 Å². The predicted molar refractivity (Wildman–Crippen MR) is 111 cm³/mol. The van der Waals surface area contributed by atoms with Crippen molar-refractivity contribution in [2.75, 3.05) is 53.0 Å². The van der Waals surface area contributed by atoms with Gasteiger partial charge in [-0.15, -0.1) is 0 Å². The van der Waals surface area contributed by atoms with E-state index in [1.54, 1.807) is 12.1 Å². The van der Waals surface area contributed by atoms with Gasteiger partial charge in [0.1, 0.15) is 0 Å². The first kappa shape index (κ1) is 21.7. The molecule has 0 aliphatic carbocycles. The maximum absolute atomic E-state index is 12.3. The minimum Gasteiger partial charge on any atom is -0.465 e. The highest BCUT2D eigenvalue weighted by molar-refractivity contribution is 5.89. The van der Waals surface area contributed by atoms with E-state index in [1.807, 2.05) is 12.1 Å². The van der Waals surface area contributed by atoms with E-state index in [0.29, 0.717) is 23.9 Å². The van der Waals surface area contributed by atoms with Crippen LogP contribution in [0, 0.1) is 0 Å². The minimum atomic E-state index is -0.316. The van der Waals surface area contributed by atoms with E-state index >= 15 is 0 Å². The molecule has 0 saturated carbocycles. The first-order valence-corrected chi connectivity index (χ1v) is 10.6. The number of ether oxygens (including phenoxy) is 2. The molecule has 1 aromatic carbocycles. The van der Waals surface area contributed by atoms with Gasteiger partial charge < -0.3 is 19.7 Å². The molecule has 29 heavy (non-hydrogen) atoms. The van der Waals surface area contributed by atoms with Crippen molar-refractivity contribution in [2.24, 2.45) is 0 Å². The molecule has 1 amide bonds. The molecule has 7 nitrogen and oxygen atoms in total. The van der Waals surface area contributed by atoms with Crippen molar-refractivity contribution in [1.29, 1.82) is 0 Å². The lowest BCUT2D eigenvalue weighted by molar-refractivity contribution is -0.129. The number of hydrogen-bond acceptors (Lipinski definition) is 6. The summed E-state index contributed by atoms with van der Waals surface area (Å²) in [6.07, 6.45) is 3.65. The molecule has 0 radical (unpaired) electrons. The van der Waals surface area contributed by atoms with Crippen LogP contribution in [0.1, 0.15) is 41.6 Å². The van der Waals surface area contributed by atoms with Crippen molar-refractivity contribution in [3.63, 3.8) is 0 Å². The van der Waals surface area contributed by atoms with E-state index in [1.165, 1.54) is 7.11 Å². The molecule has 3 rings (SSSR count). The zero-order valence-electron chi connectivity index (χ0n) is 17.4. The van der Waals surface area contributed by atoms with E-state index in [4.69, 9.17) is 9.47 Å². The number of likely N-dealkylation sites (tertiary alicyclic amines) is 1. The summed E-state index contributed by atoms with van der Waals surface area (Å²) >= 11 is 0. The third-order valence-corrected chi connectivity index (χ3v) is 5.79. The number of hydrogen-bond donors (Lipinski definition) is 1. The Bertz CT molecular complexity index is 659. The number of amides is 1. The quantitative estimate of drug-likeness (QED) is 0.473. The van der Waals surface area contributed by atoms with Crippen LogP contribution in [0.2, 0.25) is 0 Å². The molecule has 2 aliphatic rings. The van der Waals surface area contributed by atoms with E-state index in [-0.39, 0.29) is 5.97 Å². The second-order valence-electron chi connectivity index (χ2n) is 7.74. The summed E-state index contributed by atoms with van der Waals surface area (Å²) in [7, 11) is 1.39. The van der Waals surface area contributed by atoms with Gasteiger partial charge in [-0.2, -0.15) is 0 Å². The lowest BCUT2D eigenvalue weighted by Crippen LogP contribution is -2.40. The first-order chi connectivity index (χ1) is 14.2. The van der Waals surface area contributed by atoms with Crippen LogP contribution in [0.5, 0.6) is 0 Å². The van der Waals surface area contributed by atoms with Crippen LogP contribution in [0.3, 0.4) is 0 Å². The van der Waals surface area contributed by atoms with E-state index in [2.05, 4.69) is 15.1 Å². The van der Waals surface area contributed by atoms with Gasteiger partial charge in [-0.1, -0.05) is 12.1 Å². The molecule has 2 saturated heterocycles. The second-order valence-corrected chi connectivity index (χ2v) is 7.74. The molecule has 2 aliphatic heterocycles. The third-order valence-electron chi connectivity index (χ3n) is 5.79. The zero-order valence-corrected chi connectivity index (χ0v) is 17.4. The fraction of sp³-hybridized carbons (Fsp3) is 0.636. The number of esters is 1. The number of nitrogens with one attached hydrogen (secondary N) is 1. The van der Waals surface area contributed by atoms with E-state index in [9.17, 15) is 9.59 Å². The predicted octanol–water partition coefficient (Wildman–Crippen LogP) is 1.67. The highest BCUT2D eigenvalue weighted by atomic mass is 16.5. The SMILES string of the molecule is COC(=O)c1ccc(CNCCC2CCC(=O)N2CCCN2CCOCC2)cc1. The molecule has 1 atom stereocenters. The van der Waals surface area contributed by atoms with Crippen LogP contribution in [0.4, 0.5) is 0 Å². The van der Waals surface area contributed by atoms with Gasteiger partial charge in [0.15, 0.2) is 0 Å². The van der Waals surface area contributed by atoms with Gasteiger partial charge >= 0.3 is 5.97 Å². The maximum atomic E-state index is 12.3. The third kappa shape index (κ3) is 6.52. The Morgan fingerprint density at radius 1 is 1.21 bits per heavy atom. The number of carbonyl (C=O) groups excluding carboxylic acids is 2. The fourth-order valence-corrected chi connectivity index (χ4v) is 4.07. The number of morpholine rings is 1. The summed E-state index contributed by atoms with van der Waals surface area (Å²) in [5.74, 6) is -0.0144. The Kier molecular flexibility index (Phi) is 8.46.